The smallest absolute Gasteiger partial charge is 0.306 e. The second-order valence-electron chi connectivity index (χ2n) is 5.81. The van der Waals surface area contributed by atoms with E-state index in [1.165, 1.54) is 7.11 Å². The number of rotatable bonds is 9. The molecule has 0 bridgehead atoms. The number of ketones is 1. The van der Waals surface area contributed by atoms with E-state index in [9.17, 15) is 14.4 Å². The van der Waals surface area contributed by atoms with Crippen LogP contribution in [0.25, 0.3) is 0 Å². The first kappa shape index (κ1) is 19.8. The third kappa shape index (κ3) is 6.91. The Morgan fingerprint density at radius 2 is 1.83 bits per heavy atom. The van der Waals surface area contributed by atoms with Gasteiger partial charge in [-0.1, -0.05) is 12.1 Å². The molecular weight excluding hydrogens is 310 g/mol. The molecule has 1 atom stereocenters. The summed E-state index contributed by atoms with van der Waals surface area (Å²) in [6.45, 7) is 5.71. The number of nitrogens with one attached hydrogen (secondary N) is 1. The fraction of sp³-hybridized carbons (Fsp3) is 0.500. The van der Waals surface area contributed by atoms with Crippen molar-refractivity contribution in [1.82, 2.24) is 5.32 Å². The molecular formula is C18H25NO5. The van der Waals surface area contributed by atoms with Gasteiger partial charge in [-0.2, -0.15) is 0 Å². The molecule has 0 aliphatic rings. The highest BCUT2D eigenvalue weighted by molar-refractivity contribution is 5.97. The highest BCUT2D eigenvalue weighted by Gasteiger charge is 2.13. The van der Waals surface area contributed by atoms with E-state index in [4.69, 9.17) is 9.47 Å². The van der Waals surface area contributed by atoms with Crippen molar-refractivity contribution in [3.05, 3.63) is 34.9 Å². The number of amides is 1. The minimum absolute atomic E-state index is 0.0489. The SMILES string of the molecule is COCC(C)NC(=O)COC(=O)CCC(=O)c1ccc(C)c(C)c1. The Balaban J connectivity index is 2.34. The number of ether oxygens (including phenoxy) is 2. The normalized spacial score (nSPS) is 11.7. The molecule has 0 saturated carbocycles. The first-order valence-corrected chi connectivity index (χ1v) is 7.88. The van der Waals surface area contributed by atoms with Gasteiger partial charge in [0, 0.05) is 25.1 Å². The molecule has 1 aromatic carbocycles. The number of methoxy groups -OCH3 is 1. The number of esters is 1. The summed E-state index contributed by atoms with van der Waals surface area (Å²) in [5.41, 5.74) is 2.72. The molecule has 1 N–H and O–H groups in total. The van der Waals surface area contributed by atoms with E-state index in [1.807, 2.05) is 26.0 Å². The maximum atomic E-state index is 12.1. The summed E-state index contributed by atoms with van der Waals surface area (Å²) in [6.07, 6.45) is 0.00962. The van der Waals surface area contributed by atoms with Crippen LogP contribution in [0.3, 0.4) is 0 Å². The number of carbonyl (C=O) groups excluding carboxylic acids is 3. The van der Waals surface area contributed by atoms with Gasteiger partial charge < -0.3 is 14.8 Å². The number of Topliss-reactive ketones (excluding diaryl/α,β-unsaturated/α-hetero) is 1. The number of hydrogen-bond donors (Lipinski definition) is 1. The first-order valence-electron chi connectivity index (χ1n) is 7.88. The predicted molar refractivity (Wildman–Crippen MR) is 89.9 cm³/mol. The first-order chi connectivity index (χ1) is 11.3. The Labute approximate surface area is 142 Å². The molecule has 1 amide bonds. The van der Waals surface area contributed by atoms with Crippen molar-refractivity contribution < 1.29 is 23.9 Å². The molecule has 0 heterocycles. The lowest BCUT2D eigenvalue weighted by atomic mass is 10.0. The average Bonchev–Trinajstić information content (AvgIpc) is 2.53. The van der Waals surface area contributed by atoms with Gasteiger partial charge in [-0.3, -0.25) is 14.4 Å². The second-order valence-corrected chi connectivity index (χ2v) is 5.81. The number of aryl methyl sites for hydroxylation is 2. The molecule has 0 aromatic heterocycles. The van der Waals surface area contributed by atoms with E-state index in [0.717, 1.165) is 11.1 Å². The van der Waals surface area contributed by atoms with Crippen molar-refractivity contribution in [2.45, 2.75) is 39.7 Å². The largest absolute Gasteiger partial charge is 0.456 e. The maximum Gasteiger partial charge on any atom is 0.306 e. The highest BCUT2D eigenvalue weighted by atomic mass is 16.5. The molecule has 0 aliphatic carbocycles. The van der Waals surface area contributed by atoms with E-state index >= 15 is 0 Å². The molecule has 0 saturated heterocycles. The van der Waals surface area contributed by atoms with Crippen LogP contribution in [0.5, 0.6) is 0 Å². The van der Waals surface area contributed by atoms with Crippen molar-refractivity contribution >= 4 is 17.7 Å². The Kier molecular flexibility index (Phi) is 8.12. The molecule has 132 valence electrons. The number of carbonyl (C=O) groups is 3. The van der Waals surface area contributed by atoms with Gasteiger partial charge in [0.05, 0.1) is 13.0 Å². The zero-order valence-corrected chi connectivity index (χ0v) is 14.7. The van der Waals surface area contributed by atoms with Crippen LogP contribution in [0.1, 0.15) is 41.3 Å². The molecule has 1 aromatic rings. The van der Waals surface area contributed by atoms with Crippen LogP contribution in [-0.2, 0) is 19.1 Å². The summed E-state index contributed by atoms with van der Waals surface area (Å²) in [5.74, 6) is -1.08. The summed E-state index contributed by atoms with van der Waals surface area (Å²) < 4.78 is 9.76. The van der Waals surface area contributed by atoms with E-state index in [-0.39, 0.29) is 31.3 Å². The quantitative estimate of drug-likeness (QED) is 0.551. The molecule has 6 heteroatoms. The van der Waals surface area contributed by atoms with Gasteiger partial charge in [0.2, 0.25) is 0 Å². The summed E-state index contributed by atoms with van der Waals surface area (Å²) in [4.78, 5) is 35.3. The zero-order valence-electron chi connectivity index (χ0n) is 14.7. The van der Waals surface area contributed by atoms with Crippen molar-refractivity contribution in [3.8, 4) is 0 Å². The van der Waals surface area contributed by atoms with E-state index in [2.05, 4.69) is 5.32 Å². The molecule has 0 aliphatic heterocycles. The van der Waals surface area contributed by atoms with Crippen LogP contribution < -0.4 is 5.32 Å². The molecule has 6 nitrogen and oxygen atoms in total. The monoisotopic (exact) mass is 335 g/mol. The lowest BCUT2D eigenvalue weighted by Crippen LogP contribution is -2.38. The molecule has 0 radical (unpaired) electrons. The fourth-order valence-corrected chi connectivity index (χ4v) is 2.10. The number of hydrogen-bond acceptors (Lipinski definition) is 5. The van der Waals surface area contributed by atoms with Crippen molar-refractivity contribution in [2.24, 2.45) is 0 Å². The molecule has 1 unspecified atom stereocenters. The van der Waals surface area contributed by atoms with Crippen LogP contribution >= 0.6 is 0 Å². The average molecular weight is 335 g/mol. The van der Waals surface area contributed by atoms with Gasteiger partial charge in [-0.05, 0) is 38.0 Å². The van der Waals surface area contributed by atoms with Crippen LogP contribution in [0.4, 0.5) is 0 Å². The summed E-state index contributed by atoms with van der Waals surface area (Å²) >= 11 is 0. The van der Waals surface area contributed by atoms with Gasteiger partial charge in [0.1, 0.15) is 0 Å². The van der Waals surface area contributed by atoms with Gasteiger partial charge in [0.15, 0.2) is 12.4 Å². The van der Waals surface area contributed by atoms with Crippen molar-refractivity contribution in [2.75, 3.05) is 20.3 Å². The van der Waals surface area contributed by atoms with Crippen LogP contribution in [0.2, 0.25) is 0 Å². The van der Waals surface area contributed by atoms with E-state index < -0.39 is 11.9 Å². The molecule has 0 spiro atoms. The molecule has 0 fully saturated rings. The summed E-state index contributed by atoms with van der Waals surface area (Å²) in [7, 11) is 1.54. The van der Waals surface area contributed by atoms with Gasteiger partial charge in [-0.25, -0.2) is 0 Å². The third-order valence-electron chi connectivity index (χ3n) is 3.57. The predicted octanol–water partition coefficient (Wildman–Crippen LogP) is 1.96. The van der Waals surface area contributed by atoms with Gasteiger partial charge >= 0.3 is 5.97 Å². The summed E-state index contributed by atoms with van der Waals surface area (Å²) in [6, 6.07) is 5.29. The summed E-state index contributed by atoms with van der Waals surface area (Å²) in [5, 5.41) is 2.63. The Bertz CT molecular complexity index is 597. The van der Waals surface area contributed by atoms with E-state index in [1.54, 1.807) is 13.0 Å². The molecule has 1 rings (SSSR count). The lowest BCUT2D eigenvalue weighted by Gasteiger charge is -2.12. The van der Waals surface area contributed by atoms with Gasteiger partial charge in [0.25, 0.3) is 5.91 Å². The van der Waals surface area contributed by atoms with E-state index in [0.29, 0.717) is 12.2 Å². The number of benzene rings is 1. The third-order valence-corrected chi connectivity index (χ3v) is 3.57. The maximum absolute atomic E-state index is 12.1. The van der Waals surface area contributed by atoms with Crippen LogP contribution in [0, 0.1) is 13.8 Å². The minimum atomic E-state index is -0.568. The van der Waals surface area contributed by atoms with Crippen LogP contribution in [-0.4, -0.2) is 44.0 Å². The van der Waals surface area contributed by atoms with Crippen molar-refractivity contribution in [1.29, 1.82) is 0 Å². The minimum Gasteiger partial charge on any atom is -0.456 e. The Morgan fingerprint density at radius 1 is 1.12 bits per heavy atom. The topological polar surface area (TPSA) is 81.7 Å². The van der Waals surface area contributed by atoms with Gasteiger partial charge in [-0.15, -0.1) is 0 Å². The zero-order chi connectivity index (χ0) is 18.1. The highest BCUT2D eigenvalue weighted by Crippen LogP contribution is 2.12. The standard InChI is InChI=1S/C18H25NO5/c1-12-5-6-15(9-13(12)2)16(20)7-8-18(22)24-11-17(21)19-14(3)10-23-4/h5-6,9,14H,7-8,10-11H2,1-4H3,(H,19,21). The van der Waals surface area contributed by atoms with Crippen LogP contribution in [0.15, 0.2) is 18.2 Å². The molecule has 24 heavy (non-hydrogen) atoms. The van der Waals surface area contributed by atoms with Crippen molar-refractivity contribution in [3.63, 3.8) is 0 Å². The Morgan fingerprint density at radius 3 is 2.46 bits per heavy atom. The fourth-order valence-electron chi connectivity index (χ4n) is 2.10. The lowest BCUT2D eigenvalue weighted by molar-refractivity contribution is -0.148. The second kappa shape index (κ2) is 9.82. The Hall–Kier alpha value is -2.21.